The Hall–Kier alpha value is -0.460. The second-order valence-electron chi connectivity index (χ2n) is 4.62. The second-order valence-corrected chi connectivity index (χ2v) is 7.51. The molecule has 0 fully saturated rings. The summed E-state index contributed by atoms with van der Waals surface area (Å²) in [6.45, 7) is 6.05. The Labute approximate surface area is 153 Å². The SMILES string of the molecule is CCNC(=NCCNS(C)(=O)=O)N(C)Cc1csc(C)n1.I. The van der Waals surface area contributed by atoms with Crippen LogP contribution in [0, 0.1) is 6.92 Å². The third-order valence-corrected chi connectivity index (χ3v) is 4.05. The Kier molecular flexibility index (Phi) is 10.1. The molecule has 1 aromatic heterocycles. The molecule has 0 spiro atoms. The van der Waals surface area contributed by atoms with Crippen LogP contribution in [0.5, 0.6) is 0 Å². The lowest BCUT2D eigenvalue weighted by Gasteiger charge is -2.21. The van der Waals surface area contributed by atoms with E-state index in [4.69, 9.17) is 0 Å². The zero-order valence-corrected chi connectivity index (χ0v) is 17.3. The molecule has 1 rings (SSSR count). The zero-order chi connectivity index (χ0) is 15.9. The van der Waals surface area contributed by atoms with Crippen LogP contribution in [0.4, 0.5) is 0 Å². The molecule has 22 heavy (non-hydrogen) atoms. The molecule has 1 heterocycles. The van der Waals surface area contributed by atoms with E-state index in [1.54, 1.807) is 11.3 Å². The number of hydrogen-bond donors (Lipinski definition) is 2. The molecule has 128 valence electrons. The quantitative estimate of drug-likeness (QED) is 0.274. The van der Waals surface area contributed by atoms with Gasteiger partial charge in [-0.25, -0.2) is 18.1 Å². The van der Waals surface area contributed by atoms with Gasteiger partial charge in [-0.05, 0) is 13.8 Å². The first-order chi connectivity index (χ1) is 9.81. The van der Waals surface area contributed by atoms with E-state index in [0.717, 1.165) is 29.5 Å². The van der Waals surface area contributed by atoms with Crippen LogP contribution >= 0.6 is 35.3 Å². The van der Waals surface area contributed by atoms with Crippen molar-refractivity contribution in [3.63, 3.8) is 0 Å². The summed E-state index contributed by atoms with van der Waals surface area (Å²) in [5.41, 5.74) is 1.000. The van der Waals surface area contributed by atoms with Gasteiger partial charge in [0.15, 0.2) is 5.96 Å². The summed E-state index contributed by atoms with van der Waals surface area (Å²) in [7, 11) is -1.23. The van der Waals surface area contributed by atoms with E-state index in [9.17, 15) is 8.42 Å². The first-order valence-corrected chi connectivity index (χ1v) is 9.44. The number of aliphatic imine (C=N–C) groups is 1. The normalized spacial score (nSPS) is 11.9. The molecule has 0 radical (unpaired) electrons. The number of aromatic nitrogens is 1. The molecule has 0 saturated heterocycles. The highest BCUT2D eigenvalue weighted by Gasteiger charge is 2.08. The molecule has 2 N–H and O–H groups in total. The molecular formula is C12H24IN5O2S2. The van der Waals surface area contributed by atoms with Crippen LogP contribution in [0.1, 0.15) is 17.6 Å². The Bertz CT molecular complexity index is 574. The lowest BCUT2D eigenvalue weighted by molar-refractivity contribution is 0.471. The van der Waals surface area contributed by atoms with Gasteiger partial charge < -0.3 is 10.2 Å². The van der Waals surface area contributed by atoms with E-state index in [1.165, 1.54) is 0 Å². The maximum Gasteiger partial charge on any atom is 0.208 e. The predicted octanol–water partition coefficient (Wildman–Crippen LogP) is 1.02. The fourth-order valence-corrected chi connectivity index (χ4v) is 2.73. The number of rotatable bonds is 7. The number of sulfonamides is 1. The molecule has 0 aliphatic carbocycles. The lowest BCUT2D eigenvalue weighted by Crippen LogP contribution is -2.39. The fraction of sp³-hybridized carbons (Fsp3) is 0.667. The van der Waals surface area contributed by atoms with Gasteiger partial charge in [0.1, 0.15) is 0 Å². The smallest absolute Gasteiger partial charge is 0.208 e. The Balaban J connectivity index is 0.00000441. The first-order valence-electron chi connectivity index (χ1n) is 6.67. The van der Waals surface area contributed by atoms with Crippen LogP contribution in [-0.4, -0.2) is 57.2 Å². The van der Waals surface area contributed by atoms with Gasteiger partial charge in [0, 0.05) is 25.5 Å². The third kappa shape index (κ3) is 8.86. The van der Waals surface area contributed by atoms with Crippen LogP contribution in [0.15, 0.2) is 10.4 Å². The summed E-state index contributed by atoms with van der Waals surface area (Å²) in [6.07, 6.45) is 1.14. The summed E-state index contributed by atoms with van der Waals surface area (Å²) in [4.78, 5) is 10.8. The predicted molar refractivity (Wildman–Crippen MR) is 103 cm³/mol. The van der Waals surface area contributed by atoms with Gasteiger partial charge >= 0.3 is 0 Å². The van der Waals surface area contributed by atoms with Crippen LogP contribution in [0.3, 0.4) is 0 Å². The van der Waals surface area contributed by atoms with Crippen molar-refractivity contribution in [3.05, 3.63) is 16.1 Å². The maximum absolute atomic E-state index is 11.0. The van der Waals surface area contributed by atoms with Crippen molar-refractivity contribution < 1.29 is 8.42 Å². The topological polar surface area (TPSA) is 86.7 Å². The van der Waals surface area contributed by atoms with Gasteiger partial charge in [-0.1, -0.05) is 0 Å². The van der Waals surface area contributed by atoms with Gasteiger partial charge in [0.2, 0.25) is 10.0 Å². The number of aryl methyl sites for hydroxylation is 1. The van der Waals surface area contributed by atoms with Gasteiger partial charge in [-0.3, -0.25) is 4.99 Å². The van der Waals surface area contributed by atoms with Crippen molar-refractivity contribution in [2.24, 2.45) is 4.99 Å². The van der Waals surface area contributed by atoms with E-state index >= 15 is 0 Å². The molecule has 0 amide bonds. The summed E-state index contributed by atoms with van der Waals surface area (Å²) in [5, 5.41) is 6.25. The molecule has 0 saturated carbocycles. The summed E-state index contributed by atoms with van der Waals surface area (Å²) in [6, 6.07) is 0. The fourth-order valence-electron chi connectivity index (χ4n) is 1.66. The highest BCUT2D eigenvalue weighted by Crippen LogP contribution is 2.09. The van der Waals surface area contributed by atoms with Gasteiger partial charge in [-0.2, -0.15) is 0 Å². The Morgan fingerprint density at radius 1 is 1.50 bits per heavy atom. The summed E-state index contributed by atoms with van der Waals surface area (Å²) >= 11 is 1.62. The highest BCUT2D eigenvalue weighted by molar-refractivity contribution is 14.0. The summed E-state index contributed by atoms with van der Waals surface area (Å²) < 4.78 is 24.4. The summed E-state index contributed by atoms with van der Waals surface area (Å²) in [5.74, 6) is 0.735. The maximum atomic E-state index is 11.0. The minimum Gasteiger partial charge on any atom is -0.357 e. The number of nitrogens with zero attached hydrogens (tertiary/aromatic N) is 3. The largest absolute Gasteiger partial charge is 0.357 e. The zero-order valence-electron chi connectivity index (χ0n) is 13.3. The van der Waals surface area contributed by atoms with Crippen molar-refractivity contribution in [1.29, 1.82) is 0 Å². The molecule has 0 aliphatic rings. The first kappa shape index (κ1) is 21.5. The van der Waals surface area contributed by atoms with Crippen molar-refractivity contribution >= 4 is 51.3 Å². The second kappa shape index (κ2) is 10.3. The van der Waals surface area contributed by atoms with E-state index in [2.05, 4.69) is 20.0 Å². The monoisotopic (exact) mass is 461 g/mol. The van der Waals surface area contributed by atoms with Crippen LogP contribution in [-0.2, 0) is 16.6 Å². The minimum absolute atomic E-state index is 0. The standard InChI is InChI=1S/C12H23N5O2S2.HI/c1-5-13-12(14-6-7-15-21(4,18)19)17(3)8-11-9-20-10(2)16-11;/h9,15H,5-8H2,1-4H3,(H,13,14);1H. The van der Waals surface area contributed by atoms with E-state index in [0.29, 0.717) is 13.1 Å². The number of halogens is 1. The van der Waals surface area contributed by atoms with E-state index < -0.39 is 10.0 Å². The lowest BCUT2D eigenvalue weighted by atomic mass is 10.4. The minimum atomic E-state index is -3.16. The van der Waals surface area contributed by atoms with Crippen LogP contribution < -0.4 is 10.0 Å². The van der Waals surface area contributed by atoms with Crippen molar-refractivity contribution in [1.82, 2.24) is 19.9 Å². The van der Waals surface area contributed by atoms with Crippen molar-refractivity contribution in [3.8, 4) is 0 Å². The van der Waals surface area contributed by atoms with E-state index in [1.807, 2.05) is 31.2 Å². The third-order valence-electron chi connectivity index (χ3n) is 2.50. The molecule has 0 atom stereocenters. The van der Waals surface area contributed by atoms with Crippen molar-refractivity contribution in [2.75, 3.05) is 32.9 Å². The molecule has 7 nitrogen and oxygen atoms in total. The van der Waals surface area contributed by atoms with Gasteiger partial charge in [-0.15, -0.1) is 35.3 Å². The Morgan fingerprint density at radius 2 is 2.18 bits per heavy atom. The van der Waals surface area contributed by atoms with Gasteiger partial charge in [0.25, 0.3) is 0 Å². The molecular weight excluding hydrogens is 437 g/mol. The van der Waals surface area contributed by atoms with Crippen molar-refractivity contribution in [2.45, 2.75) is 20.4 Å². The molecule has 0 bridgehead atoms. The molecule has 0 aliphatic heterocycles. The number of guanidine groups is 1. The van der Waals surface area contributed by atoms with E-state index in [-0.39, 0.29) is 30.5 Å². The molecule has 0 unspecified atom stereocenters. The average molecular weight is 461 g/mol. The molecule has 0 aromatic carbocycles. The van der Waals surface area contributed by atoms with Crippen LogP contribution in [0.2, 0.25) is 0 Å². The molecule has 1 aromatic rings. The number of hydrogen-bond acceptors (Lipinski definition) is 5. The van der Waals surface area contributed by atoms with Gasteiger partial charge in [0.05, 0.1) is 30.0 Å². The van der Waals surface area contributed by atoms with Crippen LogP contribution in [0.25, 0.3) is 0 Å². The highest BCUT2D eigenvalue weighted by atomic mass is 127. The Morgan fingerprint density at radius 3 is 2.68 bits per heavy atom. The average Bonchev–Trinajstić information content (AvgIpc) is 2.77. The number of nitrogens with one attached hydrogen (secondary N) is 2. The molecule has 10 heteroatoms. The number of thiazole rings is 1.